The van der Waals surface area contributed by atoms with Crippen molar-refractivity contribution in [2.24, 2.45) is 5.92 Å². The smallest absolute Gasteiger partial charge is 0.301 e. The predicted octanol–water partition coefficient (Wildman–Crippen LogP) is 3.67. The first-order valence-electron chi connectivity index (χ1n) is 22.0. The van der Waals surface area contributed by atoms with E-state index in [0.29, 0.717) is 36.1 Å². The van der Waals surface area contributed by atoms with E-state index < -0.39 is 81.3 Å². The summed E-state index contributed by atoms with van der Waals surface area (Å²) in [6.07, 6.45) is 6.81. The van der Waals surface area contributed by atoms with Crippen LogP contribution in [-0.2, 0) is 19.8 Å². The van der Waals surface area contributed by atoms with Crippen LogP contribution in [0, 0.1) is 17.6 Å². The fourth-order valence-electron chi connectivity index (χ4n) is 9.59. The number of hydrogen-bond acceptors (Lipinski definition) is 13. The molecule has 2 aromatic carbocycles. The number of nitrogens with zero attached hydrogens (tertiary/aromatic N) is 8. The lowest BCUT2D eigenvalue weighted by Crippen LogP contribution is -2.54. The number of carbonyl (C=O) groups excluding carboxylic acids is 5. The van der Waals surface area contributed by atoms with E-state index in [1.54, 1.807) is 36.8 Å². The number of rotatable bonds is 11. The highest BCUT2D eigenvalue weighted by Gasteiger charge is 2.45. The first-order valence-corrected chi connectivity index (χ1v) is 23.5. The Kier molecular flexibility index (Phi) is 11.5. The van der Waals surface area contributed by atoms with Gasteiger partial charge in [-0.05, 0) is 68.0 Å². The van der Waals surface area contributed by atoms with Crippen molar-refractivity contribution in [3.63, 3.8) is 0 Å². The molecule has 0 bridgehead atoms. The quantitative estimate of drug-likeness (QED) is 0.128. The zero-order valence-corrected chi connectivity index (χ0v) is 36.7. The van der Waals surface area contributed by atoms with E-state index in [0.717, 1.165) is 72.6 Å². The third-order valence-corrected chi connectivity index (χ3v) is 14.8. The van der Waals surface area contributed by atoms with Crippen molar-refractivity contribution in [1.29, 1.82) is 0 Å². The van der Waals surface area contributed by atoms with Gasteiger partial charge in [0.15, 0.2) is 5.82 Å². The number of alkyl halides is 1. The SMILES string of the molecule is O=C1CCC(N2C(=O)c3ccc(N4CCC(CN5CCN(c6ncc(-c7cnc8[nH]cc(C(=O)c9c(F)ccc(NS(=O)(=O)N%10CC[C@@H](F)C%10)c9F)c8c7)cn6)CC5)CC4)cc3C2=O)C(=O)N1. The molecule has 0 aliphatic carbocycles. The molecule has 22 heteroatoms. The van der Waals surface area contributed by atoms with Crippen LogP contribution >= 0.6 is 0 Å². The molecule has 4 fully saturated rings. The largest absolute Gasteiger partial charge is 0.371 e. The summed E-state index contributed by atoms with van der Waals surface area (Å²) in [7, 11) is -4.38. The molecule has 0 spiro atoms. The summed E-state index contributed by atoms with van der Waals surface area (Å²) >= 11 is 0. The molecule has 2 atom stereocenters. The number of aromatic amines is 1. The van der Waals surface area contributed by atoms with E-state index in [1.165, 1.54) is 6.20 Å². The molecule has 8 heterocycles. The van der Waals surface area contributed by atoms with Gasteiger partial charge in [-0.3, -0.25) is 43.8 Å². The molecule has 4 saturated heterocycles. The molecule has 348 valence electrons. The summed E-state index contributed by atoms with van der Waals surface area (Å²) in [5.41, 5.74) is 1.06. The Balaban J connectivity index is 0.734. The number of amides is 4. The Morgan fingerprint density at radius 1 is 0.806 bits per heavy atom. The van der Waals surface area contributed by atoms with Crippen molar-refractivity contribution >= 4 is 68.0 Å². The second-order valence-corrected chi connectivity index (χ2v) is 19.1. The van der Waals surface area contributed by atoms with Crippen LogP contribution in [0.25, 0.3) is 22.2 Å². The molecule has 18 nitrogen and oxygen atoms in total. The Morgan fingerprint density at radius 2 is 1.54 bits per heavy atom. The van der Waals surface area contributed by atoms with Crippen LogP contribution in [0.1, 0.15) is 68.7 Å². The molecule has 0 radical (unpaired) electrons. The molecule has 3 aromatic heterocycles. The van der Waals surface area contributed by atoms with Crippen LogP contribution in [0.5, 0.6) is 0 Å². The number of anilines is 3. The Labute approximate surface area is 381 Å². The average Bonchev–Trinajstić information content (AvgIpc) is 4.03. The van der Waals surface area contributed by atoms with Gasteiger partial charge in [-0.15, -0.1) is 0 Å². The van der Waals surface area contributed by atoms with Crippen molar-refractivity contribution in [2.75, 3.05) is 73.4 Å². The Bertz CT molecular complexity index is 2960. The van der Waals surface area contributed by atoms with Crippen LogP contribution in [0.15, 0.2) is 61.2 Å². The maximum Gasteiger partial charge on any atom is 0.301 e. The molecule has 0 saturated carbocycles. The average molecular weight is 940 g/mol. The molecule has 3 N–H and O–H groups in total. The van der Waals surface area contributed by atoms with Gasteiger partial charge < -0.3 is 14.8 Å². The van der Waals surface area contributed by atoms with Gasteiger partial charge in [0.1, 0.15) is 23.7 Å². The first-order chi connectivity index (χ1) is 32.2. The van der Waals surface area contributed by atoms with Gasteiger partial charge in [0.2, 0.25) is 23.5 Å². The van der Waals surface area contributed by atoms with Crippen LogP contribution in [0.2, 0.25) is 0 Å². The van der Waals surface area contributed by atoms with E-state index in [1.807, 2.05) is 10.8 Å². The van der Waals surface area contributed by atoms with Crippen molar-refractivity contribution in [2.45, 2.75) is 44.3 Å². The number of halogens is 3. The minimum absolute atomic E-state index is 0.0103. The molecule has 5 aromatic rings. The molecule has 5 aliphatic rings. The zero-order valence-electron chi connectivity index (χ0n) is 35.9. The number of benzene rings is 2. The summed E-state index contributed by atoms with van der Waals surface area (Å²) in [5, 5.41) is 2.49. The molecular weight excluding hydrogens is 896 g/mol. The summed E-state index contributed by atoms with van der Waals surface area (Å²) in [4.78, 5) is 88.6. The number of H-pyrrole nitrogens is 1. The van der Waals surface area contributed by atoms with Crippen LogP contribution in [-0.4, -0.2) is 143 Å². The molecule has 10 rings (SSSR count). The highest BCUT2D eigenvalue weighted by molar-refractivity contribution is 7.90. The van der Waals surface area contributed by atoms with Crippen molar-refractivity contribution in [1.82, 2.24) is 39.4 Å². The monoisotopic (exact) mass is 939 g/mol. The maximum absolute atomic E-state index is 15.7. The van der Waals surface area contributed by atoms with Gasteiger partial charge in [-0.25, -0.2) is 28.1 Å². The van der Waals surface area contributed by atoms with E-state index in [-0.39, 0.29) is 53.5 Å². The number of nitrogens with one attached hydrogen (secondary N) is 3. The van der Waals surface area contributed by atoms with Gasteiger partial charge in [0, 0.05) is 118 Å². The van der Waals surface area contributed by atoms with Crippen LogP contribution in [0.4, 0.5) is 30.5 Å². The molecule has 4 amide bonds. The molecular formula is C45H44F3N11O7S. The van der Waals surface area contributed by atoms with Crippen LogP contribution in [0.3, 0.4) is 0 Å². The van der Waals surface area contributed by atoms with E-state index in [4.69, 9.17) is 0 Å². The van der Waals surface area contributed by atoms with E-state index in [2.05, 4.69) is 40.0 Å². The summed E-state index contributed by atoms with van der Waals surface area (Å²) < 4.78 is 73.0. The number of imide groups is 2. The van der Waals surface area contributed by atoms with Gasteiger partial charge in [0.25, 0.3) is 11.8 Å². The summed E-state index contributed by atoms with van der Waals surface area (Å²) in [6, 6.07) is 7.51. The highest BCUT2D eigenvalue weighted by atomic mass is 32.2. The van der Waals surface area contributed by atoms with Crippen molar-refractivity contribution in [3.8, 4) is 11.1 Å². The number of piperazine rings is 1. The number of piperidine rings is 2. The second kappa shape index (κ2) is 17.5. The molecule has 5 aliphatic heterocycles. The Hall–Kier alpha value is -6.78. The standard InChI is InChI=1S/C45H44F3N11O7S/c46-28-9-12-58(24-28)67(65,66)54-35-4-3-34(47)38(39(35)48)40(61)33-22-50-41-31(33)17-26(19-49-41)27-20-51-45(52-21-27)57-15-13-55(14-16-57)23-25-7-10-56(11-8-25)29-1-2-30-32(18-29)44(64)59(43(30)63)36-5-6-37(60)53-42(36)62/h1-4,17-22,25,28,36,54H,5-16,23-24H2,(H,49,50)(H,53,60,62)/t28-,36?/m1/s1. The van der Waals surface area contributed by atoms with Gasteiger partial charge >= 0.3 is 10.2 Å². The lowest BCUT2D eigenvalue weighted by molar-refractivity contribution is -0.136. The minimum atomic E-state index is -4.38. The fourth-order valence-corrected chi connectivity index (χ4v) is 10.9. The number of pyridine rings is 1. The van der Waals surface area contributed by atoms with Crippen LogP contribution < -0.4 is 19.8 Å². The van der Waals surface area contributed by atoms with Gasteiger partial charge in [0.05, 0.1) is 22.4 Å². The third-order valence-electron chi connectivity index (χ3n) is 13.3. The summed E-state index contributed by atoms with van der Waals surface area (Å²) in [5.74, 6) is -4.73. The van der Waals surface area contributed by atoms with Gasteiger partial charge in [-0.1, -0.05) is 0 Å². The normalized spacial score (nSPS) is 21.1. The number of aromatic nitrogens is 4. The lowest BCUT2D eigenvalue weighted by atomic mass is 9.95. The maximum atomic E-state index is 15.7. The van der Waals surface area contributed by atoms with Crippen molar-refractivity contribution < 1.29 is 45.6 Å². The predicted molar refractivity (Wildman–Crippen MR) is 237 cm³/mol. The fraction of sp³-hybridized carbons (Fsp3) is 0.378. The lowest BCUT2D eigenvalue weighted by Gasteiger charge is -2.39. The number of carbonyl (C=O) groups is 5. The van der Waals surface area contributed by atoms with E-state index in [9.17, 15) is 36.8 Å². The number of hydrogen-bond donors (Lipinski definition) is 3. The topological polar surface area (TPSA) is 214 Å². The first kappa shape index (κ1) is 44.1. The number of ketones is 1. The van der Waals surface area contributed by atoms with E-state index >= 15 is 8.78 Å². The minimum Gasteiger partial charge on any atom is -0.371 e. The molecule has 1 unspecified atom stereocenters. The zero-order chi connectivity index (χ0) is 46.7. The molecule has 67 heavy (non-hydrogen) atoms. The van der Waals surface area contributed by atoms with Crippen molar-refractivity contribution in [3.05, 3.63) is 95.1 Å². The summed E-state index contributed by atoms with van der Waals surface area (Å²) in [6.45, 7) is 5.05. The Morgan fingerprint density at radius 3 is 2.25 bits per heavy atom. The number of fused-ring (bicyclic) bond motifs is 2. The second-order valence-electron chi connectivity index (χ2n) is 17.5. The van der Waals surface area contributed by atoms with Gasteiger partial charge in [-0.2, -0.15) is 12.7 Å². The highest BCUT2D eigenvalue weighted by Crippen LogP contribution is 2.34. The third kappa shape index (κ3) is 8.37.